The van der Waals surface area contributed by atoms with Gasteiger partial charge >= 0.3 is 0 Å². The van der Waals surface area contributed by atoms with Crippen molar-refractivity contribution in [1.29, 1.82) is 0 Å². The van der Waals surface area contributed by atoms with Crippen LogP contribution in [0.4, 0.5) is 0 Å². The summed E-state index contributed by atoms with van der Waals surface area (Å²) in [6.45, 7) is 5.47. The quantitative estimate of drug-likeness (QED) is 0.368. The van der Waals surface area contributed by atoms with Gasteiger partial charge < -0.3 is 15.4 Å². The minimum absolute atomic E-state index is 0. The molecule has 0 aromatic carbocycles. The van der Waals surface area contributed by atoms with Gasteiger partial charge in [0, 0.05) is 26.0 Å². The highest BCUT2D eigenvalue weighted by molar-refractivity contribution is 14.0. The third kappa shape index (κ3) is 12.4. The molecule has 0 bridgehead atoms. The van der Waals surface area contributed by atoms with Gasteiger partial charge in [0.2, 0.25) is 0 Å². The normalized spacial score (nSPS) is 13.7. The van der Waals surface area contributed by atoms with Crippen LogP contribution in [0.25, 0.3) is 0 Å². The van der Waals surface area contributed by atoms with Crippen LogP contribution in [0, 0.1) is 0 Å². The highest BCUT2D eigenvalue weighted by Crippen LogP contribution is 1.86. The average molecular weight is 393 g/mol. The molecule has 0 fully saturated rings. The summed E-state index contributed by atoms with van der Waals surface area (Å²) in [6.07, 6.45) is 1.20. The SMILES string of the molecule is CCNC(=NCCS(C)(=O)=O)NC(C)COC.I. The second kappa shape index (κ2) is 10.8. The fourth-order valence-electron chi connectivity index (χ4n) is 1.17. The Balaban J connectivity index is 0. The van der Waals surface area contributed by atoms with Gasteiger partial charge in [-0.05, 0) is 13.8 Å². The Kier molecular flexibility index (Phi) is 12.1. The van der Waals surface area contributed by atoms with E-state index < -0.39 is 9.84 Å². The van der Waals surface area contributed by atoms with E-state index in [2.05, 4.69) is 15.6 Å². The molecular weight excluding hydrogens is 369 g/mol. The van der Waals surface area contributed by atoms with Crippen LogP contribution in [-0.2, 0) is 14.6 Å². The standard InChI is InChI=1S/C10H23N3O3S.HI/c1-5-11-10(13-9(2)8-16-3)12-6-7-17(4,14)15;/h9H,5-8H2,1-4H3,(H2,11,12,13);1H. The number of methoxy groups -OCH3 is 1. The molecule has 1 atom stereocenters. The van der Waals surface area contributed by atoms with Gasteiger partial charge in [0.25, 0.3) is 0 Å². The van der Waals surface area contributed by atoms with Crippen LogP contribution in [0.2, 0.25) is 0 Å². The van der Waals surface area contributed by atoms with Crippen molar-refractivity contribution in [2.24, 2.45) is 4.99 Å². The summed E-state index contributed by atoms with van der Waals surface area (Å²) in [5.41, 5.74) is 0. The van der Waals surface area contributed by atoms with E-state index in [1.807, 2.05) is 13.8 Å². The van der Waals surface area contributed by atoms with Gasteiger partial charge in [0.05, 0.1) is 18.9 Å². The first-order valence-corrected chi connectivity index (χ1v) is 7.66. The molecule has 0 rings (SSSR count). The maximum Gasteiger partial charge on any atom is 0.191 e. The van der Waals surface area contributed by atoms with Gasteiger partial charge in [-0.15, -0.1) is 24.0 Å². The van der Waals surface area contributed by atoms with E-state index in [0.717, 1.165) is 6.54 Å². The Morgan fingerprint density at radius 2 is 2.06 bits per heavy atom. The zero-order valence-electron chi connectivity index (χ0n) is 11.4. The molecule has 0 amide bonds. The molecule has 1 unspecified atom stereocenters. The lowest BCUT2D eigenvalue weighted by molar-refractivity contribution is 0.179. The molecule has 2 N–H and O–H groups in total. The van der Waals surface area contributed by atoms with E-state index in [0.29, 0.717) is 12.6 Å². The molecule has 110 valence electrons. The Hall–Kier alpha value is -0.0900. The summed E-state index contributed by atoms with van der Waals surface area (Å²) in [6, 6.07) is 0.121. The van der Waals surface area contributed by atoms with E-state index in [1.54, 1.807) is 7.11 Å². The Labute approximate surface area is 127 Å². The number of guanidine groups is 1. The van der Waals surface area contributed by atoms with Crippen LogP contribution in [0.1, 0.15) is 13.8 Å². The van der Waals surface area contributed by atoms with Crippen molar-refractivity contribution in [2.75, 3.05) is 38.8 Å². The molecule has 0 aliphatic carbocycles. The van der Waals surface area contributed by atoms with Crippen molar-refractivity contribution < 1.29 is 13.2 Å². The number of nitrogens with one attached hydrogen (secondary N) is 2. The summed E-state index contributed by atoms with van der Waals surface area (Å²) in [5, 5.41) is 6.17. The third-order valence-electron chi connectivity index (χ3n) is 1.88. The third-order valence-corrected chi connectivity index (χ3v) is 2.80. The number of nitrogens with zero attached hydrogens (tertiary/aromatic N) is 1. The Morgan fingerprint density at radius 1 is 1.44 bits per heavy atom. The van der Waals surface area contributed by atoms with Gasteiger partial charge in [0.15, 0.2) is 5.96 Å². The molecule has 0 aromatic heterocycles. The average Bonchev–Trinajstić information content (AvgIpc) is 2.16. The summed E-state index contributed by atoms with van der Waals surface area (Å²) >= 11 is 0. The number of hydrogen-bond acceptors (Lipinski definition) is 4. The van der Waals surface area contributed by atoms with Gasteiger partial charge in [-0.1, -0.05) is 0 Å². The summed E-state index contributed by atoms with van der Waals surface area (Å²) in [5.74, 6) is 0.670. The van der Waals surface area contributed by atoms with E-state index in [9.17, 15) is 8.42 Å². The number of rotatable bonds is 7. The number of hydrogen-bond donors (Lipinski definition) is 2. The molecule has 6 nitrogen and oxygen atoms in total. The van der Waals surface area contributed by atoms with Crippen LogP contribution in [0.5, 0.6) is 0 Å². The number of aliphatic imine (C=N–C) groups is 1. The lowest BCUT2D eigenvalue weighted by atomic mass is 10.4. The van der Waals surface area contributed by atoms with Crippen LogP contribution in [0.3, 0.4) is 0 Å². The van der Waals surface area contributed by atoms with Crippen molar-refractivity contribution in [3.63, 3.8) is 0 Å². The molecule has 0 saturated carbocycles. The van der Waals surface area contributed by atoms with Gasteiger partial charge in [-0.25, -0.2) is 8.42 Å². The fourth-order valence-corrected chi connectivity index (χ4v) is 1.59. The number of ether oxygens (including phenoxy) is 1. The van der Waals surface area contributed by atoms with Crippen LogP contribution in [-0.4, -0.2) is 59.2 Å². The first-order chi connectivity index (χ1) is 7.89. The smallest absolute Gasteiger partial charge is 0.191 e. The molecule has 0 aromatic rings. The second-order valence-corrected chi connectivity index (χ2v) is 6.15. The van der Waals surface area contributed by atoms with E-state index in [-0.39, 0.29) is 42.3 Å². The minimum atomic E-state index is -2.96. The molecule has 0 saturated heterocycles. The topological polar surface area (TPSA) is 79.8 Å². The van der Waals surface area contributed by atoms with Gasteiger partial charge in [-0.3, -0.25) is 4.99 Å². The predicted octanol–water partition coefficient (Wildman–Crippen LogP) is 0.239. The molecule has 0 aliphatic rings. The van der Waals surface area contributed by atoms with Crippen molar-refractivity contribution in [1.82, 2.24) is 10.6 Å². The molecule has 0 aliphatic heterocycles. The summed E-state index contributed by atoms with van der Waals surface area (Å²) in [7, 11) is -1.33. The van der Waals surface area contributed by atoms with Crippen LogP contribution >= 0.6 is 24.0 Å². The highest BCUT2D eigenvalue weighted by Gasteiger charge is 2.05. The molecule has 8 heteroatoms. The number of halogens is 1. The predicted molar refractivity (Wildman–Crippen MR) is 85.6 cm³/mol. The Morgan fingerprint density at radius 3 is 2.50 bits per heavy atom. The van der Waals surface area contributed by atoms with E-state index in [4.69, 9.17) is 4.74 Å². The van der Waals surface area contributed by atoms with Crippen molar-refractivity contribution in [3.05, 3.63) is 0 Å². The first kappa shape index (κ1) is 20.2. The lowest BCUT2D eigenvalue weighted by Crippen LogP contribution is -2.44. The zero-order chi connectivity index (χ0) is 13.3. The summed E-state index contributed by atoms with van der Waals surface area (Å²) in [4.78, 5) is 4.18. The van der Waals surface area contributed by atoms with Crippen LogP contribution < -0.4 is 10.6 Å². The van der Waals surface area contributed by atoms with Crippen molar-refractivity contribution in [3.8, 4) is 0 Å². The molecule has 18 heavy (non-hydrogen) atoms. The van der Waals surface area contributed by atoms with Gasteiger partial charge in [0.1, 0.15) is 9.84 Å². The van der Waals surface area contributed by atoms with Crippen molar-refractivity contribution in [2.45, 2.75) is 19.9 Å². The van der Waals surface area contributed by atoms with Crippen molar-refractivity contribution >= 4 is 39.8 Å². The Bertz CT molecular complexity index is 333. The second-order valence-electron chi connectivity index (χ2n) is 3.89. The molecule has 0 heterocycles. The van der Waals surface area contributed by atoms with E-state index in [1.165, 1.54) is 6.26 Å². The zero-order valence-corrected chi connectivity index (χ0v) is 14.5. The van der Waals surface area contributed by atoms with E-state index >= 15 is 0 Å². The molecular formula is C10H24IN3O3S. The largest absolute Gasteiger partial charge is 0.383 e. The van der Waals surface area contributed by atoms with Crippen LogP contribution in [0.15, 0.2) is 4.99 Å². The summed E-state index contributed by atoms with van der Waals surface area (Å²) < 4.78 is 26.9. The minimum Gasteiger partial charge on any atom is -0.383 e. The first-order valence-electron chi connectivity index (χ1n) is 5.60. The highest BCUT2D eigenvalue weighted by atomic mass is 127. The monoisotopic (exact) mass is 393 g/mol. The fraction of sp³-hybridized carbons (Fsp3) is 0.900. The molecule has 0 spiro atoms. The maximum absolute atomic E-state index is 11.0. The molecule has 0 radical (unpaired) electrons. The van der Waals surface area contributed by atoms with Gasteiger partial charge in [-0.2, -0.15) is 0 Å². The lowest BCUT2D eigenvalue weighted by Gasteiger charge is -2.16. The number of sulfone groups is 1. The maximum atomic E-state index is 11.0.